The molecular formula is C13H13IN2O2S2. The Morgan fingerprint density at radius 3 is 2.95 bits per heavy atom. The molecule has 0 spiro atoms. The number of hydrogen-bond donors (Lipinski definition) is 1. The van der Waals surface area contributed by atoms with E-state index in [4.69, 9.17) is 4.52 Å². The fourth-order valence-electron chi connectivity index (χ4n) is 2.06. The Hall–Kier alpha value is -0.410. The van der Waals surface area contributed by atoms with Gasteiger partial charge in [0.2, 0.25) is 0 Å². The van der Waals surface area contributed by atoms with E-state index in [2.05, 4.69) is 39.7 Å². The van der Waals surface area contributed by atoms with Gasteiger partial charge in [-0.05, 0) is 40.8 Å². The maximum atomic E-state index is 9.92. The molecule has 0 bridgehead atoms. The molecule has 1 fully saturated rings. The fraction of sp³-hybridized carbons (Fsp3) is 0.385. The molecule has 2 aromatic rings. The highest BCUT2D eigenvalue weighted by Gasteiger charge is 2.29. The summed E-state index contributed by atoms with van der Waals surface area (Å²) in [5, 5.41) is 14.8. The molecule has 1 aliphatic rings. The van der Waals surface area contributed by atoms with E-state index in [0.29, 0.717) is 16.7 Å². The first kappa shape index (κ1) is 14.5. The molecule has 1 aliphatic heterocycles. The fourth-order valence-corrected chi connectivity index (χ4v) is 5.23. The minimum atomic E-state index is 0.166. The molecule has 1 saturated heterocycles. The highest BCUT2D eigenvalue weighted by molar-refractivity contribution is 14.1. The summed E-state index contributed by atoms with van der Waals surface area (Å²) in [6, 6.07) is 5.33. The van der Waals surface area contributed by atoms with Crippen LogP contribution in [0.25, 0.3) is 11.5 Å². The molecule has 20 heavy (non-hydrogen) atoms. The third-order valence-corrected chi connectivity index (χ3v) is 6.83. The van der Waals surface area contributed by atoms with E-state index >= 15 is 0 Å². The van der Waals surface area contributed by atoms with Crippen LogP contribution >= 0.6 is 46.1 Å². The average Bonchev–Trinajstić information content (AvgIpc) is 2.91. The van der Waals surface area contributed by atoms with Crippen LogP contribution in [0.4, 0.5) is 0 Å². The number of phenols is 1. The quantitative estimate of drug-likeness (QED) is 0.743. The Labute approximate surface area is 139 Å². The lowest BCUT2D eigenvalue weighted by molar-refractivity contribution is 0.416. The van der Waals surface area contributed by atoms with Gasteiger partial charge in [-0.3, -0.25) is 0 Å². The Morgan fingerprint density at radius 2 is 2.15 bits per heavy atom. The van der Waals surface area contributed by atoms with Gasteiger partial charge in [0.05, 0.1) is 10.8 Å². The molecule has 4 nitrogen and oxygen atoms in total. The predicted molar refractivity (Wildman–Crippen MR) is 91.2 cm³/mol. The summed E-state index contributed by atoms with van der Waals surface area (Å²) in [6.07, 6.45) is 0. The number of aromatic hydroxyl groups is 1. The lowest BCUT2D eigenvalue weighted by Gasteiger charge is -2.24. The van der Waals surface area contributed by atoms with Crippen molar-refractivity contribution < 1.29 is 9.63 Å². The zero-order valence-corrected chi connectivity index (χ0v) is 14.5. The number of hydrogen-bond acceptors (Lipinski definition) is 6. The molecule has 0 radical (unpaired) electrons. The van der Waals surface area contributed by atoms with Crippen LogP contribution in [-0.2, 0) is 0 Å². The van der Waals surface area contributed by atoms with Gasteiger partial charge >= 0.3 is 0 Å². The molecule has 0 aliphatic carbocycles. The van der Waals surface area contributed by atoms with Gasteiger partial charge in [0, 0.05) is 20.3 Å². The van der Waals surface area contributed by atoms with Crippen LogP contribution in [0.2, 0.25) is 0 Å². The average molecular weight is 420 g/mol. The molecule has 106 valence electrons. The van der Waals surface area contributed by atoms with Crippen molar-refractivity contribution in [1.29, 1.82) is 0 Å². The van der Waals surface area contributed by atoms with E-state index in [1.165, 1.54) is 5.75 Å². The Balaban J connectivity index is 1.91. The van der Waals surface area contributed by atoms with Crippen molar-refractivity contribution in [2.24, 2.45) is 0 Å². The van der Waals surface area contributed by atoms with Crippen molar-refractivity contribution in [3.05, 3.63) is 27.6 Å². The van der Waals surface area contributed by atoms with Gasteiger partial charge in [0.15, 0.2) is 5.82 Å². The lowest BCUT2D eigenvalue weighted by atomic mass is 10.2. The van der Waals surface area contributed by atoms with Gasteiger partial charge in [-0.2, -0.15) is 16.7 Å². The topological polar surface area (TPSA) is 59.2 Å². The highest BCUT2D eigenvalue weighted by Crippen LogP contribution is 2.42. The van der Waals surface area contributed by atoms with E-state index < -0.39 is 0 Å². The summed E-state index contributed by atoms with van der Waals surface area (Å²) in [4.78, 5) is 4.48. The SMILES string of the molecule is CC1SCCSC1c1noc(-c2cc(I)ccc2O)n1. The van der Waals surface area contributed by atoms with Crippen molar-refractivity contribution in [3.8, 4) is 17.2 Å². The van der Waals surface area contributed by atoms with Crippen molar-refractivity contribution in [1.82, 2.24) is 10.1 Å². The summed E-state index contributed by atoms with van der Waals surface area (Å²) in [5.41, 5.74) is 0.594. The smallest absolute Gasteiger partial charge is 0.261 e. The van der Waals surface area contributed by atoms with Gasteiger partial charge in [0.1, 0.15) is 5.75 Å². The van der Waals surface area contributed by atoms with Gasteiger partial charge in [-0.15, -0.1) is 11.8 Å². The largest absolute Gasteiger partial charge is 0.507 e. The Morgan fingerprint density at radius 1 is 1.35 bits per heavy atom. The second-order valence-corrected chi connectivity index (χ2v) is 8.47. The number of benzene rings is 1. The first-order chi connectivity index (χ1) is 9.65. The minimum absolute atomic E-state index is 0.166. The summed E-state index contributed by atoms with van der Waals surface area (Å²) >= 11 is 6.00. The number of thioether (sulfide) groups is 2. The standard InChI is InChI=1S/C13H13IN2O2S2/c1-7-11(20-5-4-19-7)12-15-13(18-16-12)9-6-8(14)2-3-10(9)17/h2-3,6-7,11,17H,4-5H2,1H3. The number of halogens is 1. The summed E-state index contributed by atoms with van der Waals surface area (Å²) < 4.78 is 6.36. The molecule has 1 aromatic heterocycles. The van der Waals surface area contributed by atoms with E-state index in [-0.39, 0.29) is 11.0 Å². The van der Waals surface area contributed by atoms with Crippen molar-refractivity contribution in [2.75, 3.05) is 11.5 Å². The number of aromatic nitrogens is 2. The zero-order chi connectivity index (χ0) is 14.1. The second-order valence-electron chi connectivity index (χ2n) is 4.49. The van der Waals surface area contributed by atoms with Gasteiger partial charge in [-0.1, -0.05) is 12.1 Å². The zero-order valence-electron chi connectivity index (χ0n) is 10.7. The van der Waals surface area contributed by atoms with E-state index in [1.54, 1.807) is 6.07 Å². The van der Waals surface area contributed by atoms with Crippen LogP contribution in [0, 0.1) is 3.57 Å². The molecule has 7 heteroatoms. The predicted octanol–water partition coefficient (Wildman–Crippen LogP) is 3.96. The molecule has 0 saturated carbocycles. The summed E-state index contributed by atoms with van der Waals surface area (Å²) in [7, 11) is 0. The molecule has 1 aromatic carbocycles. The summed E-state index contributed by atoms with van der Waals surface area (Å²) in [6.45, 7) is 2.19. The van der Waals surface area contributed by atoms with E-state index in [9.17, 15) is 5.11 Å². The molecule has 1 N–H and O–H groups in total. The van der Waals surface area contributed by atoms with E-state index in [1.807, 2.05) is 35.7 Å². The number of nitrogens with zero attached hydrogens (tertiary/aromatic N) is 2. The van der Waals surface area contributed by atoms with Crippen LogP contribution in [0.1, 0.15) is 18.0 Å². The second kappa shape index (κ2) is 6.15. The van der Waals surface area contributed by atoms with Crippen molar-refractivity contribution in [2.45, 2.75) is 17.4 Å². The van der Waals surface area contributed by atoms with Crippen molar-refractivity contribution in [3.63, 3.8) is 0 Å². The lowest BCUT2D eigenvalue weighted by Crippen LogP contribution is -2.16. The number of phenolic OH excluding ortho intramolecular Hbond substituents is 1. The van der Waals surface area contributed by atoms with Crippen LogP contribution in [0.3, 0.4) is 0 Å². The first-order valence-corrected chi connectivity index (χ1v) is 9.38. The summed E-state index contributed by atoms with van der Waals surface area (Å²) in [5.74, 6) is 3.56. The van der Waals surface area contributed by atoms with Crippen LogP contribution < -0.4 is 0 Å². The van der Waals surface area contributed by atoms with Crippen LogP contribution in [0.15, 0.2) is 22.7 Å². The Bertz CT molecular complexity index is 620. The molecule has 0 amide bonds. The normalized spacial score (nSPS) is 22.9. The third-order valence-electron chi connectivity index (χ3n) is 3.07. The Kier molecular flexibility index (Phi) is 4.46. The van der Waals surface area contributed by atoms with E-state index in [0.717, 1.165) is 15.1 Å². The van der Waals surface area contributed by atoms with Gasteiger partial charge < -0.3 is 9.63 Å². The van der Waals surface area contributed by atoms with Crippen LogP contribution in [0.5, 0.6) is 5.75 Å². The maximum Gasteiger partial charge on any atom is 0.261 e. The number of rotatable bonds is 2. The first-order valence-electron chi connectivity index (χ1n) is 6.21. The van der Waals surface area contributed by atoms with Crippen molar-refractivity contribution >= 4 is 46.1 Å². The monoisotopic (exact) mass is 420 g/mol. The molecule has 2 atom stereocenters. The maximum absolute atomic E-state index is 9.92. The highest BCUT2D eigenvalue weighted by atomic mass is 127. The van der Waals surface area contributed by atoms with Gasteiger partial charge in [-0.25, -0.2) is 0 Å². The van der Waals surface area contributed by atoms with Crippen LogP contribution in [-0.4, -0.2) is 32.0 Å². The molecule has 2 unspecified atom stereocenters. The molecule has 3 rings (SSSR count). The third kappa shape index (κ3) is 2.94. The minimum Gasteiger partial charge on any atom is -0.507 e. The molecular weight excluding hydrogens is 407 g/mol. The van der Waals surface area contributed by atoms with Gasteiger partial charge in [0.25, 0.3) is 5.89 Å². The molecule has 2 heterocycles.